The summed E-state index contributed by atoms with van der Waals surface area (Å²) < 4.78 is 11.6. The van der Waals surface area contributed by atoms with Crippen LogP contribution in [0.2, 0.25) is 0 Å². The highest BCUT2D eigenvalue weighted by Crippen LogP contribution is 2.28. The summed E-state index contributed by atoms with van der Waals surface area (Å²) in [5.74, 6) is 2.92. The second kappa shape index (κ2) is 6.01. The third kappa shape index (κ3) is 3.54. The van der Waals surface area contributed by atoms with Gasteiger partial charge in [0.05, 0.1) is 0 Å². The van der Waals surface area contributed by atoms with Gasteiger partial charge in [0, 0.05) is 17.8 Å². The molecule has 0 fully saturated rings. The van der Waals surface area contributed by atoms with E-state index in [0.717, 1.165) is 11.5 Å². The van der Waals surface area contributed by atoms with Gasteiger partial charge in [-0.15, -0.1) is 0 Å². The zero-order valence-electron chi connectivity index (χ0n) is 11.4. The Balaban J connectivity index is 1.77. The molecule has 0 atom stereocenters. The first-order valence-corrected chi connectivity index (χ1v) is 6.66. The normalized spacial score (nSPS) is 10.1. The molecule has 0 heterocycles. The van der Waals surface area contributed by atoms with Crippen molar-refractivity contribution in [1.82, 2.24) is 0 Å². The second-order valence-corrected chi connectivity index (χ2v) is 4.56. The Bertz CT molecular complexity index is 726. The topological polar surface area (TPSA) is 44.5 Å². The van der Waals surface area contributed by atoms with Gasteiger partial charge < -0.3 is 15.2 Å². The van der Waals surface area contributed by atoms with Gasteiger partial charge >= 0.3 is 0 Å². The Morgan fingerprint density at radius 2 is 1.05 bits per heavy atom. The lowest BCUT2D eigenvalue weighted by atomic mass is 10.3. The molecule has 0 aromatic heterocycles. The van der Waals surface area contributed by atoms with Crippen molar-refractivity contribution in [3.8, 4) is 23.0 Å². The number of benzene rings is 3. The standard InChI is InChI=1S/C18H15NO2/c19-14-6-4-9-16(12-14)21-18-11-5-10-17(13-18)20-15-7-2-1-3-8-15/h1-13H,19H2. The molecule has 3 heteroatoms. The van der Waals surface area contributed by atoms with E-state index in [4.69, 9.17) is 15.2 Å². The van der Waals surface area contributed by atoms with Gasteiger partial charge in [-0.3, -0.25) is 0 Å². The predicted molar refractivity (Wildman–Crippen MR) is 83.9 cm³/mol. The van der Waals surface area contributed by atoms with E-state index in [9.17, 15) is 0 Å². The molecular weight excluding hydrogens is 262 g/mol. The molecule has 3 aromatic rings. The maximum Gasteiger partial charge on any atom is 0.131 e. The molecule has 0 radical (unpaired) electrons. The largest absolute Gasteiger partial charge is 0.457 e. The quantitative estimate of drug-likeness (QED) is 0.693. The zero-order chi connectivity index (χ0) is 14.5. The summed E-state index contributed by atoms with van der Waals surface area (Å²) in [6, 6.07) is 24.5. The van der Waals surface area contributed by atoms with Crippen LogP contribution in [-0.4, -0.2) is 0 Å². The minimum atomic E-state index is 0.671. The molecule has 3 nitrogen and oxygen atoms in total. The van der Waals surface area contributed by atoms with E-state index in [1.165, 1.54) is 0 Å². The Morgan fingerprint density at radius 1 is 0.524 bits per heavy atom. The fourth-order valence-corrected chi connectivity index (χ4v) is 1.94. The molecule has 0 aliphatic heterocycles. The van der Waals surface area contributed by atoms with Crippen LogP contribution in [-0.2, 0) is 0 Å². The van der Waals surface area contributed by atoms with Crippen LogP contribution < -0.4 is 15.2 Å². The summed E-state index contributed by atoms with van der Waals surface area (Å²) in [6.07, 6.45) is 0. The Morgan fingerprint density at radius 3 is 1.71 bits per heavy atom. The van der Waals surface area contributed by atoms with E-state index in [1.807, 2.05) is 72.8 Å². The number of hydrogen-bond acceptors (Lipinski definition) is 3. The fourth-order valence-electron chi connectivity index (χ4n) is 1.94. The van der Waals surface area contributed by atoms with Crippen LogP contribution in [0, 0.1) is 0 Å². The van der Waals surface area contributed by atoms with E-state index in [2.05, 4.69) is 0 Å². The van der Waals surface area contributed by atoms with Crippen LogP contribution in [0.15, 0.2) is 78.9 Å². The average molecular weight is 277 g/mol. The molecule has 3 rings (SSSR count). The van der Waals surface area contributed by atoms with E-state index in [-0.39, 0.29) is 0 Å². The average Bonchev–Trinajstić information content (AvgIpc) is 2.49. The number of para-hydroxylation sites is 1. The first kappa shape index (κ1) is 13.1. The number of anilines is 1. The molecule has 0 aliphatic carbocycles. The first-order valence-electron chi connectivity index (χ1n) is 6.66. The molecule has 0 bridgehead atoms. The third-order valence-corrected chi connectivity index (χ3v) is 2.88. The van der Waals surface area contributed by atoms with Gasteiger partial charge in [-0.2, -0.15) is 0 Å². The van der Waals surface area contributed by atoms with Crippen LogP contribution in [0.3, 0.4) is 0 Å². The number of nitrogens with two attached hydrogens (primary N) is 1. The van der Waals surface area contributed by atoms with Crippen molar-refractivity contribution in [3.05, 3.63) is 78.9 Å². The minimum absolute atomic E-state index is 0.671. The van der Waals surface area contributed by atoms with Gasteiger partial charge in [0.1, 0.15) is 23.0 Å². The molecule has 3 aromatic carbocycles. The highest BCUT2D eigenvalue weighted by Gasteiger charge is 2.01. The van der Waals surface area contributed by atoms with Gasteiger partial charge in [-0.1, -0.05) is 30.3 Å². The van der Waals surface area contributed by atoms with Crippen molar-refractivity contribution in [2.45, 2.75) is 0 Å². The maximum absolute atomic E-state index is 5.78. The molecule has 0 saturated heterocycles. The van der Waals surface area contributed by atoms with Crippen molar-refractivity contribution in [2.24, 2.45) is 0 Å². The highest BCUT2D eigenvalue weighted by atomic mass is 16.5. The van der Waals surface area contributed by atoms with Crippen LogP contribution in [0.25, 0.3) is 0 Å². The smallest absolute Gasteiger partial charge is 0.131 e. The summed E-state index contributed by atoms with van der Waals surface area (Å²) in [7, 11) is 0. The lowest BCUT2D eigenvalue weighted by Gasteiger charge is -2.09. The Kier molecular flexibility index (Phi) is 3.74. The molecule has 2 N–H and O–H groups in total. The van der Waals surface area contributed by atoms with Crippen molar-refractivity contribution in [1.29, 1.82) is 0 Å². The molecule has 104 valence electrons. The molecule has 0 unspecified atom stereocenters. The lowest BCUT2D eigenvalue weighted by molar-refractivity contribution is 0.460. The van der Waals surface area contributed by atoms with E-state index < -0.39 is 0 Å². The second-order valence-electron chi connectivity index (χ2n) is 4.56. The highest BCUT2D eigenvalue weighted by molar-refractivity contribution is 5.46. The summed E-state index contributed by atoms with van der Waals surface area (Å²) >= 11 is 0. The van der Waals surface area contributed by atoms with Gasteiger partial charge in [-0.25, -0.2) is 0 Å². The summed E-state index contributed by atoms with van der Waals surface area (Å²) in [4.78, 5) is 0. The molecule has 21 heavy (non-hydrogen) atoms. The van der Waals surface area contributed by atoms with Crippen molar-refractivity contribution < 1.29 is 9.47 Å². The third-order valence-electron chi connectivity index (χ3n) is 2.88. The van der Waals surface area contributed by atoms with Gasteiger partial charge in [0.15, 0.2) is 0 Å². The van der Waals surface area contributed by atoms with Crippen LogP contribution in [0.5, 0.6) is 23.0 Å². The van der Waals surface area contributed by atoms with E-state index in [1.54, 1.807) is 6.07 Å². The van der Waals surface area contributed by atoms with Crippen molar-refractivity contribution >= 4 is 5.69 Å². The summed E-state index contributed by atoms with van der Waals surface area (Å²) in [6.45, 7) is 0. The van der Waals surface area contributed by atoms with Crippen LogP contribution in [0.1, 0.15) is 0 Å². The Hall–Kier alpha value is -2.94. The zero-order valence-corrected chi connectivity index (χ0v) is 11.4. The van der Waals surface area contributed by atoms with Gasteiger partial charge in [0.2, 0.25) is 0 Å². The minimum Gasteiger partial charge on any atom is -0.457 e. The number of ether oxygens (including phenoxy) is 2. The van der Waals surface area contributed by atoms with Crippen LogP contribution in [0.4, 0.5) is 5.69 Å². The SMILES string of the molecule is Nc1cccc(Oc2cccc(Oc3ccccc3)c2)c1. The molecule has 0 aliphatic rings. The molecule has 0 spiro atoms. The fraction of sp³-hybridized carbons (Fsp3) is 0. The van der Waals surface area contributed by atoms with Gasteiger partial charge in [0.25, 0.3) is 0 Å². The van der Waals surface area contributed by atoms with Crippen LogP contribution >= 0.6 is 0 Å². The Labute approximate surface area is 123 Å². The maximum atomic E-state index is 5.78. The van der Waals surface area contributed by atoms with Crippen molar-refractivity contribution in [3.63, 3.8) is 0 Å². The summed E-state index contributed by atoms with van der Waals surface area (Å²) in [5.41, 5.74) is 6.41. The number of nitrogen functional groups attached to an aromatic ring is 1. The molecule has 0 saturated carbocycles. The van der Waals surface area contributed by atoms with Gasteiger partial charge in [-0.05, 0) is 36.4 Å². The monoisotopic (exact) mass is 277 g/mol. The van der Waals surface area contributed by atoms with E-state index in [0.29, 0.717) is 17.2 Å². The van der Waals surface area contributed by atoms with Crippen molar-refractivity contribution in [2.75, 3.05) is 5.73 Å². The predicted octanol–water partition coefficient (Wildman–Crippen LogP) is 4.85. The first-order chi connectivity index (χ1) is 10.3. The molecule has 0 amide bonds. The molecular formula is C18H15NO2. The number of rotatable bonds is 4. The number of hydrogen-bond donors (Lipinski definition) is 1. The lowest BCUT2D eigenvalue weighted by Crippen LogP contribution is -1.88. The van der Waals surface area contributed by atoms with E-state index >= 15 is 0 Å². The summed E-state index contributed by atoms with van der Waals surface area (Å²) in [5, 5.41) is 0.